The maximum Gasteiger partial charge on any atom is 0.416 e. The highest BCUT2D eigenvalue weighted by Crippen LogP contribution is 2.55. The molecule has 5 rings (SSSR count). The fraction of sp³-hybridized carbons (Fsp3) is 0.574. The smallest absolute Gasteiger partial charge is 0.416 e. The third kappa shape index (κ3) is 24.3. The molecule has 2 aromatic carbocycles. The van der Waals surface area contributed by atoms with Gasteiger partial charge >= 0.3 is 27.3 Å². The van der Waals surface area contributed by atoms with Gasteiger partial charge in [0.2, 0.25) is 11.0 Å². The second-order valence-corrected chi connectivity index (χ2v) is 22.0. The highest BCUT2D eigenvalue weighted by atomic mass is 35.5. The largest absolute Gasteiger partial charge is 0.420 e. The number of nitrogens with zero attached hydrogens (tertiary/aromatic N) is 6. The van der Waals surface area contributed by atoms with E-state index in [0.717, 1.165) is 10.7 Å². The zero-order chi connectivity index (χ0) is 60.6. The summed E-state index contributed by atoms with van der Waals surface area (Å²) >= 11 is 6.36. The van der Waals surface area contributed by atoms with Crippen LogP contribution in [0.5, 0.6) is 5.75 Å². The minimum atomic E-state index is -4.98. The molecule has 0 radical (unpaired) electrons. The number of aromatic nitrogens is 4. The molecule has 9 N–H and O–H groups in total. The van der Waals surface area contributed by atoms with Crippen LogP contribution in [-0.4, -0.2) is 205 Å². The summed E-state index contributed by atoms with van der Waals surface area (Å²) in [5.74, 6) is -1.29. The van der Waals surface area contributed by atoms with Gasteiger partial charge in [-0.25, -0.2) is 23.7 Å². The Labute approximate surface area is 475 Å². The van der Waals surface area contributed by atoms with Crippen LogP contribution >= 0.6 is 26.8 Å². The zero-order valence-corrected chi connectivity index (χ0v) is 46.9. The Balaban J connectivity index is 0.922. The Morgan fingerprint density at radius 3 is 1.90 bits per heavy atom. The average Bonchev–Trinajstić information content (AvgIpc) is 3.20. The van der Waals surface area contributed by atoms with Crippen LogP contribution in [0.3, 0.4) is 0 Å². The molecule has 0 bridgehead atoms. The second-order valence-electron chi connectivity index (χ2n) is 17.7. The van der Waals surface area contributed by atoms with E-state index in [-0.39, 0.29) is 134 Å². The maximum atomic E-state index is 14.2. The highest BCUT2D eigenvalue weighted by molar-refractivity contribution is 7.70. The lowest BCUT2D eigenvalue weighted by atomic mass is 10.1. The molecule has 2 aromatic heterocycles. The highest BCUT2D eigenvalue weighted by Gasteiger charge is 2.46. The van der Waals surface area contributed by atoms with Gasteiger partial charge in [0, 0.05) is 31.4 Å². The number of fused-ring (bicyclic) bond motifs is 1. The summed E-state index contributed by atoms with van der Waals surface area (Å²) in [5.41, 5.74) is 5.22. The molecule has 0 saturated carbocycles. The van der Waals surface area contributed by atoms with Crippen molar-refractivity contribution in [2.45, 2.75) is 43.7 Å². The van der Waals surface area contributed by atoms with Crippen LogP contribution < -0.4 is 21.2 Å². The molecule has 0 amide bonds. The molecule has 1 aliphatic rings. The Morgan fingerprint density at radius 2 is 1.33 bits per heavy atom. The second kappa shape index (κ2) is 34.4. The summed E-state index contributed by atoms with van der Waals surface area (Å²) in [4.78, 5) is 49.8. The van der Waals surface area contributed by atoms with Gasteiger partial charge in [0.25, 0.3) is 0 Å². The number of esters is 1. The van der Waals surface area contributed by atoms with Gasteiger partial charge in [-0.2, -0.15) is 28.2 Å². The normalized spacial score (nSPS) is 17.6. The van der Waals surface area contributed by atoms with Crippen molar-refractivity contribution in [3.05, 3.63) is 88.4 Å². The number of rotatable bonds is 40. The van der Waals surface area contributed by atoms with Crippen LogP contribution in [0.25, 0.3) is 11.0 Å². The molecule has 0 aliphatic carbocycles. The van der Waals surface area contributed by atoms with E-state index in [2.05, 4.69) is 19.8 Å². The molecule has 1 fully saturated rings. The van der Waals surface area contributed by atoms with Crippen molar-refractivity contribution < 1.29 is 117 Å². The Hall–Kier alpha value is -4.71. The Bertz CT molecular complexity index is 2760. The number of hydrogen-bond acceptors (Lipinski definition) is 23. The molecule has 1 aliphatic heterocycles. The lowest BCUT2D eigenvalue weighted by Gasteiger charge is -2.26. The van der Waals surface area contributed by atoms with Crippen molar-refractivity contribution >= 4 is 49.6 Å². The van der Waals surface area contributed by atoms with Gasteiger partial charge in [0.1, 0.15) is 29.9 Å². The van der Waals surface area contributed by atoms with Crippen molar-refractivity contribution in [3.63, 3.8) is 0 Å². The number of anilines is 1. The zero-order valence-electron chi connectivity index (χ0n) is 44.3. The van der Waals surface area contributed by atoms with Gasteiger partial charge in [0.15, 0.2) is 29.4 Å². The molecule has 4 aromatic rings. The van der Waals surface area contributed by atoms with Crippen LogP contribution in [0.2, 0.25) is 5.28 Å². The van der Waals surface area contributed by atoms with Gasteiger partial charge in [-0.05, 0) is 23.2 Å². The first kappa shape index (κ1) is 69.1. The standard InChI is InChI=1S/C47H65ClF6N8O19P2/c48-46-58-43(34-25-57-62(44(34)59-46)45-41(65)40(64)38(80-45)29-79-83(69,70)30-82(66,67)68)60(26-31-3-1-2-4-35(31)47(52,53)54)6-9-72-12-15-75-19-20-77-21-22-78-28-33(55)27-61(56)7-10-73-13-16-76-18-17-74-14-11-71-8-5-39(63)81-42-36(50)23-32(49)24-37(42)51/h1-4,23-25,27,38,40-41,45,64-65H,5-22,26,28-30,55-56H2,(H,69,70)(H2,66,67,68)/b33-27-/t38-,40-,41-,45-/m1/s1. The molecule has 1 saturated heterocycles. The first-order chi connectivity index (χ1) is 39.4. The van der Waals surface area contributed by atoms with E-state index < -0.39 is 98.4 Å². The molecule has 466 valence electrons. The van der Waals surface area contributed by atoms with Gasteiger partial charge in [-0.15, -0.1) is 0 Å². The predicted molar refractivity (Wildman–Crippen MR) is 278 cm³/mol. The lowest BCUT2D eigenvalue weighted by molar-refractivity contribution is -0.138. The fourth-order valence-corrected chi connectivity index (χ4v) is 10.2. The number of halogens is 7. The molecule has 0 spiro atoms. The summed E-state index contributed by atoms with van der Waals surface area (Å²) < 4.78 is 166. The van der Waals surface area contributed by atoms with Crippen LogP contribution in [0.15, 0.2) is 54.5 Å². The van der Waals surface area contributed by atoms with E-state index in [0.29, 0.717) is 37.6 Å². The van der Waals surface area contributed by atoms with E-state index in [9.17, 15) is 55.4 Å². The van der Waals surface area contributed by atoms with E-state index in [1.165, 1.54) is 40.5 Å². The number of nitrogens with two attached hydrogens (primary N) is 2. The maximum absolute atomic E-state index is 14.2. The number of aliphatic hydroxyl groups excluding tert-OH is 2. The van der Waals surface area contributed by atoms with E-state index >= 15 is 0 Å². The number of aliphatic hydroxyl groups is 2. The van der Waals surface area contributed by atoms with Crippen LogP contribution in [0.4, 0.5) is 32.2 Å². The summed E-state index contributed by atoms with van der Waals surface area (Å²) in [7, 11) is -9.85. The molecule has 36 heteroatoms. The molecule has 3 heterocycles. The number of hydrazine groups is 1. The monoisotopic (exact) mass is 1260 g/mol. The first-order valence-corrected chi connectivity index (χ1v) is 29.1. The third-order valence-electron chi connectivity index (χ3n) is 11.2. The van der Waals surface area contributed by atoms with Crippen molar-refractivity contribution in [1.29, 1.82) is 0 Å². The van der Waals surface area contributed by atoms with Crippen molar-refractivity contribution in [3.8, 4) is 5.75 Å². The number of alkyl halides is 3. The van der Waals surface area contributed by atoms with Gasteiger partial charge in [0.05, 0.1) is 148 Å². The lowest BCUT2D eigenvalue weighted by Crippen LogP contribution is -2.34. The van der Waals surface area contributed by atoms with Crippen molar-refractivity contribution in [2.75, 3.05) is 136 Å². The van der Waals surface area contributed by atoms with Crippen LogP contribution in [0.1, 0.15) is 23.8 Å². The molecule has 27 nitrogen and oxygen atoms in total. The first-order valence-electron chi connectivity index (χ1n) is 25.2. The number of benzene rings is 2. The van der Waals surface area contributed by atoms with E-state index in [1.807, 2.05) is 0 Å². The van der Waals surface area contributed by atoms with Gasteiger partial charge in [-0.3, -0.25) is 13.9 Å². The van der Waals surface area contributed by atoms with Crippen LogP contribution in [0, 0.1) is 17.5 Å². The Morgan fingerprint density at radius 1 is 0.783 bits per heavy atom. The molecular weight excluding hydrogens is 1190 g/mol. The van der Waals surface area contributed by atoms with Crippen LogP contribution in [-0.2, 0) is 73.8 Å². The molecular formula is C47H65ClF6N8O19P2. The average molecular weight is 1260 g/mol. The van der Waals surface area contributed by atoms with Crippen molar-refractivity contribution in [1.82, 2.24) is 24.8 Å². The molecule has 5 atom stereocenters. The van der Waals surface area contributed by atoms with E-state index in [1.54, 1.807) is 0 Å². The quantitative estimate of drug-likeness (QED) is 0.00492. The minimum absolute atomic E-state index is 0.00988. The van der Waals surface area contributed by atoms with Crippen molar-refractivity contribution in [2.24, 2.45) is 11.6 Å². The number of carbonyl (C=O) groups excluding carboxylic acids is 1. The van der Waals surface area contributed by atoms with Gasteiger partial charge in [-0.1, -0.05) is 18.2 Å². The predicted octanol–water partition coefficient (Wildman–Crippen LogP) is 2.98. The minimum Gasteiger partial charge on any atom is -0.420 e. The molecule has 1 unspecified atom stereocenters. The SMILES string of the molecule is N/C(=C\N(N)CCOCCOCCOCCOCCC(=O)Oc1c(F)cc(F)cc1F)COCCOCCOCCOCCN(Cc1ccccc1C(F)(F)F)c1nc(Cl)nc2c1cnn2[C@@H]1O[C@H](COP(=O)(O)CP(=O)(O)O)[C@@H](O)[C@H]1O. The molecule has 83 heavy (non-hydrogen) atoms. The topological polar surface area (TPSA) is 356 Å². The fourth-order valence-electron chi connectivity index (χ4n) is 7.46. The third-order valence-corrected chi connectivity index (χ3v) is 14.9. The summed E-state index contributed by atoms with van der Waals surface area (Å²) in [6.45, 7) is 1.78. The summed E-state index contributed by atoms with van der Waals surface area (Å²) in [5, 5.41) is 26.9. The summed E-state index contributed by atoms with van der Waals surface area (Å²) in [6, 6.07) is 5.71. The van der Waals surface area contributed by atoms with E-state index in [4.69, 9.17) is 80.1 Å². The van der Waals surface area contributed by atoms with Gasteiger partial charge < -0.3 is 92.4 Å². The number of hydrogen-bond donors (Lipinski definition) is 7. The Kier molecular flexibility index (Phi) is 28.7. The number of ether oxygens (including phenoxy) is 10. The number of carbonyl (C=O) groups is 1. The summed E-state index contributed by atoms with van der Waals surface area (Å²) in [6.07, 6.45) is -8.85.